The van der Waals surface area contributed by atoms with Gasteiger partial charge >= 0.3 is 5.69 Å². The van der Waals surface area contributed by atoms with Crippen molar-refractivity contribution in [3.05, 3.63) is 33.9 Å². The van der Waals surface area contributed by atoms with E-state index in [1.165, 1.54) is 6.07 Å². The fourth-order valence-corrected chi connectivity index (χ4v) is 1.80. The van der Waals surface area contributed by atoms with Crippen LogP contribution in [0.2, 0.25) is 0 Å². The number of nitrogens with one attached hydrogen (secondary N) is 2. The number of rotatable bonds is 7. The average molecular weight is 265 g/mol. The first-order chi connectivity index (χ1) is 9.11. The highest BCUT2D eigenvalue weighted by molar-refractivity contribution is 6.00. The molecule has 0 unspecified atom stereocenters. The van der Waals surface area contributed by atoms with E-state index in [9.17, 15) is 14.9 Å². The number of amides is 1. The van der Waals surface area contributed by atoms with Gasteiger partial charge in [-0.05, 0) is 18.6 Å². The molecule has 0 spiro atoms. The van der Waals surface area contributed by atoms with E-state index in [0.29, 0.717) is 12.2 Å². The highest BCUT2D eigenvalue weighted by atomic mass is 16.6. The summed E-state index contributed by atoms with van der Waals surface area (Å²) in [5, 5.41) is 16.5. The fraction of sp³-hybridized carbons (Fsp3) is 0.462. The molecule has 1 rings (SSSR count). The molecule has 0 bridgehead atoms. The first-order valence-corrected chi connectivity index (χ1v) is 6.35. The van der Waals surface area contributed by atoms with Gasteiger partial charge in [0.15, 0.2) is 0 Å². The van der Waals surface area contributed by atoms with Crippen molar-refractivity contribution in [2.45, 2.75) is 26.2 Å². The highest BCUT2D eigenvalue weighted by Gasteiger charge is 2.23. The molecule has 2 N–H and O–H groups in total. The summed E-state index contributed by atoms with van der Waals surface area (Å²) in [5.74, 6) is -0.403. The first kappa shape index (κ1) is 14.9. The Balaban J connectivity index is 2.87. The van der Waals surface area contributed by atoms with Gasteiger partial charge < -0.3 is 10.6 Å². The largest absolute Gasteiger partial charge is 0.383 e. The van der Waals surface area contributed by atoms with Crippen molar-refractivity contribution >= 4 is 17.3 Å². The Morgan fingerprint density at radius 1 is 1.37 bits per heavy atom. The Kier molecular flexibility index (Phi) is 5.78. The molecule has 0 aromatic heterocycles. The van der Waals surface area contributed by atoms with Gasteiger partial charge in [0.05, 0.1) is 4.92 Å². The van der Waals surface area contributed by atoms with E-state index >= 15 is 0 Å². The van der Waals surface area contributed by atoms with Crippen molar-refractivity contribution in [3.8, 4) is 0 Å². The lowest BCUT2D eigenvalue weighted by atomic mass is 10.1. The number of hydrogen-bond acceptors (Lipinski definition) is 4. The summed E-state index contributed by atoms with van der Waals surface area (Å²) in [6.07, 6.45) is 2.96. The number of benzene rings is 1. The number of unbranched alkanes of at least 4 members (excludes halogenated alkanes) is 2. The summed E-state index contributed by atoms with van der Waals surface area (Å²) < 4.78 is 0. The van der Waals surface area contributed by atoms with Gasteiger partial charge in [-0.15, -0.1) is 0 Å². The van der Waals surface area contributed by atoms with Crippen molar-refractivity contribution in [2.75, 3.05) is 18.9 Å². The smallest absolute Gasteiger partial charge is 0.305 e. The normalized spacial score (nSPS) is 10.0. The zero-order chi connectivity index (χ0) is 14.3. The number of nitro groups is 1. The second kappa shape index (κ2) is 7.35. The molecule has 1 aromatic rings. The Hall–Kier alpha value is -2.11. The lowest BCUT2D eigenvalue weighted by Crippen LogP contribution is -2.25. The number of para-hydroxylation sites is 1. The van der Waals surface area contributed by atoms with Crippen molar-refractivity contribution < 1.29 is 9.72 Å². The number of nitrogens with zero attached hydrogens (tertiary/aromatic N) is 1. The van der Waals surface area contributed by atoms with Gasteiger partial charge in [-0.3, -0.25) is 14.9 Å². The van der Waals surface area contributed by atoms with E-state index in [1.807, 2.05) is 0 Å². The van der Waals surface area contributed by atoms with Gasteiger partial charge in [0.2, 0.25) is 0 Å². The molecule has 0 saturated carbocycles. The van der Waals surface area contributed by atoms with Crippen LogP contribution >= 0.6 is 0 Å². The maximum atomic E-state index is 12.0. The van der Waals surface area contributed by atoms with Crippen LogP contribution in [0.25, 0.3) is 0 Å². The molecular weight excluding hydrogens is 246 g/mol. The van der Waals surface area contributed by atoms with Gasteiger partial charge in [-0.25, -0.2) is 0 Å². The molecule has 0 atom stereocenters. The van der Waals surface area contributed by atoms with Gasteiger partial charge in [-0.1, -0.05) is 25.8 Å². The van der Waals surface area contributed by atoms with Crippen molar-refractivity contribution in [1.82, 2.24) is 5.32 Å². The topological polar surface area (TPSA) is 84.3 Å². The summed E-state index contributed by atoms with van der Waals surface area (Å²) in [7, 11) is 1.59. The molecule has 104 valence electrons. The molecule has 1 amide bonds. The zero-order valence-corrected chi connectivity index (χ0v) is 11.2. The SMILES string of the molecule is CCCCCNC(=O)c1cccc(NC)c1[N+](=O)[O-]. The third-order valence-electron chi connectivity index (χ3n) is 2.80. The third-order valence-corrected chi connectivity index (χ3v) is 2.80. The third kappa shape index (κ3) is 3.94. The molecule has 1 aromatic carbocycles. The highest BCUT2D eigenvalue weighted by Crippen LogP contribution is 2.28. The van der Waals surface area contributed by atoms with Crippen molar-refractivity contribution in [1.29, 1.82) is 0 Å². The van der Waals surface area contributed by atoms with Crippen LogP contribution in [-0.4, -0.2) is 24.4 Å². The minimum atomic E-state index is -0.535. The number of anilines is 1. The van der Waals surface area contributed by atoms with Crippen LogP contribution in [0.15, 0.2) is 18.2 Å². The molecule has 0 aliphatic rings. The maximum Gasteiger partial charge on any atom is 0.305 e. The van der Waals surface area contributed by atoms with Gasteiger partial charge in [0.1, 0.15) is 11.3 Å². The van der Waals surface area contributed by atoms with Crippen molar-refractivity contribution in [2.24, 2.45) is 0 Å². The van der Waals surface area contributed by atoms with E-state index in [4.69, 9.17) is 0 Å². The average Bonchev–Trinajstić information content (AvgIpc) is 2.42. The molecule has 19 heavy (non-hydrogen) atoms. The number of nitro benzene ring substituents is 1. The molecular formula is C13H19N3O3. The zero-order valence-electron chi connectivity index (χ0n) is 11.2. The summed E-state index contributed by atoms with van der Waals surface area (Å²) in [6.45, 7) is 2.61. The molecule has 6 nitrogen and oxygen atoms in total. The summed E-state index contributed by atoms with van der Waals surface area (Å²) in [5.41, 5.74) is 0.248. The fourth-order valence-electron chi connectivity index (χ4n) is 1.80. The van der Waals surface area contributed by atoms with Crippen LogP contribution in [0.3, 0.4) is 0 Å². The van der Waals surface area contributed by atoms with E-state index in [1.54, 1.807) is 19.2 Å². The minimum absolute atomic E-state index is 0.0911. The minimum Gasteiger partial charge on any atom is -0.383 e. The maximum absolute atomic E-state index is 12.0. The molecule has 0 aliphatic carbocycles. The summed E-state index contributed by atoms with van der Waals surface area (Å²) in [4.78, 5) is 22.5. The lowest BCUT2D eigenvalue weighted by molar-refractivity contribution is -0.384. The van der Waals surface area contributed by atoms with Crippen molar-refractivity contribution in [3.63, 3.8) is 0 Å². The van der Waals surface area contributed by atoms with Crippen LogP contribution in [0.1, 0.15) is 36.5 Å². The van der Waals surface area contributed by atoms with Crippen LogP contribution < -0.4 is 10.6 Å². The molecule has 0 saturated heterocycles. The van der Waals surface area contributed by atoms with Gasteiger partial charge in [-0.2, -0.15) is 0 Å². The molecule has 0 heterocycles. The quantitative estimate of drug-likeness (QED) is 0.451. The van der Waals surface area contributed by atoms with E-state index < -0.39 is 10.8 Å². The molecule has 6 heteroatoms. The lowest BCUT2D eigenvalue weighted by Gasteiger charge is -2.08. The molecule has 0 fully saturated rings. The second-order valence-electron chi connectivity index (χ2n) is 4.17. The van der Waals surface area contributed by atoms with Crippen LogP contribution in [0.4, 0.5) is 11.4 Å². The van der Waals surface area contributed by atoms with E-state index in [0.717, 1.165) is 19.3 Å². The van der Waals surface area contributed by atoms with Gasteiger partial charge in [0.25, 0.3) is 5.91 Å². The van der Waals surface area contributed by atoms with E-state index in [2.05, 4.69) is 17.6 Å². The Morgan fingerprint density at radius 2 is 2.11 bits per heavy atom. The Labute approximate surface area is 112 Å². The molecule has 0 radical (unpaired) electrons. The van der Waals surface area contributed by atoms with E-state index in [-0.39, 0.29) is 11.3 Å². The molecule has 0 aliphatic heterocycles. The van der Waals surface area contributed by atoms with Crippen LogP contribution in [0, 0.1) is 10.1 Å². The Bertz CT molecular complexity index is 460. The number of carbonyl (C=O) groups is 1. The van der Waals surface area contributed by atoms with Gasteiger partial charge in [0, 0.05) is 13.6 Å². The second-order valence-corrected chi connectivity index (χ2v) is 4.17. The summed E-state index contributed by atoms with van der Waals surface area (Å²) >= 11 is 0. The monoisotopic (exact) mass is 265 g/mol. The standard InChI is InChI=1S/C13H19N3O3/c1-3-4-5-9-15-13(17)10-7-6-8-11(14-2)12(10)16(18)19/h6-8,14H,3-5,9H2,1-2H3,(H,15,17). The van der Waals surface area contributed by atoms with Crippen LogP contribution in [-0.2, 0) is 0 Å². The van der Waals surface area contributed by atoms with Crippen LogP contribution in [0.5, 0.6) is 0 Å². The first-order valence-electron chi connectivity index (χ1n) is 6.35. The summed E-state index contributed by atoms with van der Waals surface area (Å²) in [6, 6.07) is 4.67. The predicted molar refractivity (Wildman–Crippen MR) is 74.5 cm³/mol. The predicted octanol–water partition coefficient (Wildman–Crippen LogP) is 2.56. The number of carbonyl (C=O) groups excluding carboxylic acids is 1. The number of hydrogen-bond donors (Lipinski definition) is 2. The Morgan fingerprint density at radius 3 is 2.68 bits per heavy atom.